The SMILES string of the molecule is CCc1ccc(NC(=O)[C@H](CC)Sc2ncc(S(=O)(=O)c3ccc(C)cc3)c(=O)[nH]2)cc1. The molecule has 3 aromatic rings. The molecule has 2 aromatic carbocycles. The molecule has 7 nitrogen and oxygen atoms in total. The lowest BCUT2D eigenvalue weighted by atomic mass is 10.1. The third kappa shape index (κ3) is 5.46. The second kappa shape index (κ2) is 10.1. The first kappa shape index (κ1) is 23.7. The molecule has 0 fully saturated rings. The molecule has 0 aliphatic heterocycles. The maximum Gasteiger partial charge on any atom is 0.270 e. The molecule has 1 aromatic heterocycles. The number of aromatic amines is 1. The van der Waals surface area contributed by atoms with Crippen molar-refractivity contribution in [2.45, 2.75) is 53.8 Å². The van der Waals surface area contributed by atoms with E-state index in [1.54, 1.807) is 12.1 Å². The molecule has 0 aliphatic carbocycles. The molecule has 1 heterocycles. The van der Waals surface area contributed by atoms with Crippen molar-refractivity contribution in [3.05, 3.63) is 76.2 Å². The number of nitrogens with zero attached hydrogens (tertiary/aromatic N) is 1. The molecule has 0 spiro atoms. The Bertz CT molecular complexity index is 1250. The maximum absolute atomic E-state index is 12.8. The van der Waals surface area contributed by atoms with Crippen molar-refractivity contribution >= 4 is 33.2 Å². The molecule has 3 rings (SSSR count). The van der Waals surface area contributed by atoms with Crippen molar-refractivity contribution in [3.8, 4) is 0 Å². The first-order valence-electron chi connectivity index (χ1n) is 10.2. The monoisotopic (exact) mass is 471 g/mol. The van der Waals surface area contributed by atoms with E-state index in [9.17, 15) is 18.0 Å². The molecule has 0 aliphatic rings. The van der Waals surface area contributed by atoms with Crippen LogP contribution in [-0.4, -0.2) is 29.5 Å². The molecule has 1 amide bonds. The van der Waals surface area contributed by atoms with Crippen molar-refractivity contribution in [2.75, 3.05) is 5.32 Å². The number of nitrogens with one attached hydrogen (secondary N) is 2. The summed E-state index contributed by atoms with van der Waals surface area (Å²) in [6, 6.07) is 13.8. The minimum Gasteiger partial charge on any atom is -0.325 e. The summed E-state index contributed by atoms with van der Waals surface area (Å²) in [5, 5.41) is 2.54. The van der Waals surface area contributed by atoms with Gasteiger partial charge in [-0.1, -0.05) is 55.4 Å². The van der Waals surface area contributed by atoms with Crippen LogP contribution < -0.4 is 10.9 Å². The average Bonchev–Trinajstić information content (AvgIpc) is 2.78. The zero-order valence-electron chi connectivity index (χ0n) is 18.1. The normalized spacial score (nSPS) is 12.3. The van der Waals surface area contributed by atoms with Gasteiger partial charge in [0.25, 0.3) is 5.56 Å². The number of sulfone groups is 1. The molecule has 1 atom stereocenters. The lowest BCUT2D eigenvalue weighted by Crippen LogP contribution is -2.26. The minimum absolute atomic E-state index is 0.0238. The topological polar surface area (TPSA) is 109 Å². The molecule has 0 bridgehead atoms. The predicted molar refractivity (Wildman–Crippen MR) is 126 cm³/mol. The molecule has 0 radical (unpaired) electrons. The van der Waals surface area contributed by atoms with Crippen molar-refractivity contribution < 1.29 is 13.2 Å². The Morgan fingerprint density at radius 3 is 2.31 bits per heavy atom. The highest BCUT2D eigenvalue weighted by Gasteiger charge is 2.24. The second-order valence-corrected chi connectivity index (χ2v) is 10.4. The van der Waals surface area contributed by atoms with Crippen LogP contribution in [0.1, 0.15) is 31.4 Å². The van der Waals surface area contributed by atoms with Crippen LogP contribution in [0.15, 0.2) is 74.5 Å². The van der Waals surface area contributed by atoms with E-state index in [4.69, 9.17) is 0 Å². The predicted octanol–water partition coefficient (Wildman–Crippen LogP) is 3.98. The summed E-state index contributed by atoms with van der Waals surface area (Å²) >= 11 is 1.08. The lowest BCUT2D eigenvalue weighted by Gasteiger charge is -2.14. The number of hydrogen-bond donors (Lipinski definition) is 2. The third-order valence-electron chi connectivity index (χ3n) is 4.91. The minimum atomic E-state index is -3.99. The van der Waals surface area contributed by atoms with Gasteiger partial charge in [-0.15, -0.1) is 0 Å². The van der Waals surface area contributed by atoms with Crippen molar-refractivity contribution in [2.24, 2.45) is 0 Å². The Labute approximate surface area is 191 Å². The van der Waals surface area contributed by atoms with Crippen LogP contribution >= 0.6 is 11.8 Å². The van der Waals surface area contributed by atoms with Crippen LogP contribution in [0.5, 0.6) is 0 Å². The summed E-state index contributed by atoms with van der Waals surface area (Å²) < 4.78 is 25.6. The summed E-state index contributed by atoms with van der Waals surface area (Å²) in [4.78, 5) is 31.4. The highest BCUT2D eigenvalue weighted by molar-refractivity contribution is 8.00. The molecule has 9 heteroatoms. The average molecular weight is 472 g/mol. The van der Waals surface area contributed by atoms with Crippen molar-refractivity contribution in [1.29, 1.82) is 0 Å². The van der Waals surface area contributed by atoms with Gasteiger partial charge in [0.2, 0.25) is 15.7 Å². The summed E-state index contributed by atoms with van der Waals surface area (Å²) in [6.07, 6.45) is 2.46. The van der Waals surface area contributed by atoms with E-state index >= 15 is 0 Å². The van der Waals surface area contributed by atoms with Gasteiger partial charge in [0.15, 0.2) is 10.1 Å². The van der Waals surface area contributed by atoms with Gasteiger partial charge in [-0.05, 0) is 49.6 Å². The number of benzene rings is 2. The van der Waals surface area contributed by atoms with E-state index in [0.29, 0.717) is 12.1 Å². The summed E-state index contributed by atoms with van der Waals surface area (Å²) in [6.45, 7) is 5.76. The van der Waals surface area contributed by atoms with Crippen LogP contribution in [0, 0.1) is 6.92 Å². The smallest absolute Gasteiger partial charge is 0.270 e. The third-order valence-corrected chi connectivity index (χ3v) is 7.94. The number of H-pyrrole nitrogens is 1. The highest BCUT2D eigenvalue weighted by Crippen LogP contribution is 2.24. The van der Waals surface area contributed by atoms with Gasteiger partial charge < -0.3 is 10.3 Å². The Morgan fingerprint density at radius 2 is 1.75 bits per heavy atom. The molecule has 32 heavy (non-hydrogen) atoms. The number of aromatic nitrogens is 2. The lowest BCUT2D eigenvalue weighted by molar-refractivity contribution is -0.115. The maximum atomic E-state index is 12.8. The number of thioether (sulfide) groups is 1. The molecule has 0 saturated heterocycles. The Morgan fingerprint density at radius 1 is 1.09 bits per heavy atom. The zero-order valence-corrected chi connectivity index (χ0v) is 19.7. The number of rotatable bonds is 8. The zero-order chi connectivity index (χ0) is 23.3. The van der Waals surface area contributed by atoms with Gasteiger partial charge in [-0.2, -0.15) is 0 Å². The summed E-state index contributed by atoms with van der Waals surface area (Å²) in [5.41, 5.74) is 2.00. The fourth-order valence-electron chi connectivity index (χ4n) is 2.97. The van der Waals surface area contributed by atoms with Gasteiger partial charge in [0.1, 0.15) is 0 Å². The Hall–Kier alpha value is -2.91. The van der Waals surface area contributed by atoms with E-state index in [0.717, 1.165) is 29.9 Å². The first-order chi connectivity index (χ1) is 15.2. The Kier molecular flexibility index (Phi) is 7.52. The number of carbonyl (C=O) groups is 1. The first-order valence-corrected chi connectivity index (χ1v) is 12.6. The fraction of sp³-hybridized carbons (Fsp3) is 0.261. The van der Waals surface area contributed by atoms with Gasteiger partial charge in [0, 0.05) is 5.69 Å². The summed E-state index contributed by atoms with van der Waals surface area (Å²) in [5.74, 6) is -0.222. The van der Waals surface area contributed by atoms with Gasteiger partial charge in [-0.3, -0.25) is 9.59 Å². The van der Waals surface area contributed by atoms with Crippen LogP contribution in [0.25, 0.3) is 0 Å². The van der Waals surface area contributed by atoms with Crippen LogP contribution in [0.4, 0.5) is 5.69 Å². The number of aryl methyl sites for hydroxylation is 2. The van der Waals surface area contributed by atoms with Gasteiger partial charge in [-0.25, -0.2) is 13.4 Å². The molecule has 2 N–H and O–H groups in total. The quantitative estimate of drug-likeness (QED) is 0.380. The van der Waals surface area contributed by atoms with E-state index in [-0.39, 0.29) is 16.0 Å². The standard InChI is InChI=1S/C23H25N3O4S2/c1-4-16-8-10-17(11-9-16)25-21(27)19(5-2)31-23-24-14-20(22(28)26-23)32(29,30)18-12-6-15(3)7-13-18/h6-14,19H,4-5H2,1-3H3,(H,25,27)(H,24,26,28)/t19-/m0/s1. The van der Waals surface area contributed by atoms with Crippen LogP contribution in [0.2, 0.25) is 0 Å². The molecule has 168 valence electrons. The van der Waals surface area contributed by atoms with E-state index in [2.05, 4.69) is 22.2 Å². The van der Waals surface area contributed by atoms with Crippen molar-refractivity contribution in [3.63, 3.8) is 0 Å². The Balaban J connectivity index is 1.76. The van der Waals surface area contributed by atoms with Crippen LogP contribution in [-0.2, 0) is 21.1 Å². The number of carbonyl (C=O) groups excluding carboxylic acids is 1. The fourth-order valence-corrected chi connectivity index (χ4v) is 5.07. The van der Waals surface area contributed by atoms with Gasteiger partial charge >= 0.3 is 0 Å². The van der Waals surface area contributed by atoms with Crippen molar-refractivity contribution in [1.82, 2.24) is 9.97 Å². The van der Waals surface area contributed by atoms with E-state index in [1.807, 2.05) is 38.1 Å². The molecule has 0 saturated carbocycles. The van der Waals surface area contributed by atoms with E-state index < -0.39 is 25.5 Å². The number of hydrogen-bond acceptors (Lipinski definition) is 6. The summed E-state index contributed by atoms with van der Waals surface area (Å²) in [7, 11) is -3.99. The largest absolute Gasteiger partial charge is 0.325 e. The van der Waals surface area contributed by atoms with E-state index in [1.165, 1.54) is 17.7 Å². The van der Waals surface area contributed by atoms with Crippen LogP contribution in [0.3, 0.4) is 0 Å². The van der Waals surface area contributed by atoms with Gasteiger partial charge in [0.05, 0.1) is 16.3 Å². The molecule has 0 unspecified atom stereocenters. The number of amides is 1. The molecular weight excluding hydrogens is 446 g/mol. The molecular formula is C23H25N3O4S2. The number of anilines is 1. The highest BCUT2D eigenvalue weighted by atomic mass is 32.2. The second-order valence-electron chi connectivity index (χ2n) is 7.25.